The molecule has 146 valence electrons. The molecule has 27 heavy (non-hydrogen) atoms. The van der Waals surface area contributed by atoms with Crippen LogP contribution in [0.25, 0.3) is 0 Å². The number of halogens is 1. The summed E-state index contributed by atoms with van der Waals surface area (Å²) in [5.74, 6) is 1.82. The van der Waals surface area contributed by atoms with E-state index in [0.29, 0.717) is 0 Å². The summed E-state index contributed by atoms with van der Waals surface area (Å²) in [6.45, 7) is 9.58. The van der Waals surface area contributed by atoms with Gasteiger partial charge in [0.25, 0.3) is 0 Å². The topological polar surface area (TPSA) is 56.7 Å². The number of nitrogens with zero attached hydrogens (tertiary/aromatic N) is 5. The van der Waals surface area contributed by atoms with Gasteiger partial charge in [-0.15, -0.1) is 24.0 Å². The number of nitrogens with one attached hydrogen (secondary N) is 1. The Balaban J connectivity index is 0.00000261. The Bertz CT molecular complexity index is 696. The number of hydrogen-bond acceptors (Lipinski definition) is 4. The van der Waals surface area contributed by atoms with Crippen molar-refractivity contribution in [1.29, 1.82) is 0 Å². The van der Waals surface area contributed by atoms with E-state index in [1.165, 1.54) is 11.1 Å². The molecule has 0 bridgehead atoms. The van der Waals surface area contributed by atoms with Crippen LogP contribution >= 0.6 is 24.0 Å². The third-order valence-electron chi connectivity index (χ3n) is 4.53. The normalized spacial score (nSPS) is 14.7. The van der Waals surface area contributed by atoms with Gasteiger partial charge in [-0.3, -0.25) is 4.99 Å². The van der Waals surface area contributed by atoms with Gasteiger partial charge in [-0.1, -0.05) is 29.8 Å². The average Bonchev–Trinajstić information content (AvgIpc) is 2.70. The summed E-state index contributed by atoms with van der Waals surface area (Å²) in [6.07, 6.45) is 4.56. The molecule has 1 saturated heterocycles. The van der Waals surface area contributed by atoms with Gasteiger partial charge in [0.1, 0.15) is 0 Å². The van der Waals surface area contributed by atoms with E-state index in [0.717, 1.165) is 57.6 Å². The highest BCUT2D eigenvalue weighted by Crippen LogP contribution is 2.10. The number of anilines is 1. The first kappa shape index (κ1) is 21.4. The zero-order chi connectivity index (χ0) is 18.2. The number of benzene rings is 1. The van der Waals surface area contributed by atoms with Crippen LogP contribution < -0.4 is 10.2 Å². The zero-order valence-corrected chi connectivity index (χ0v) is 18.5. The minimum absolute atomic E-state index is 0. The quantitative estimate of drug-likeness (QED) is 0.405. The van der Waals surface area contributed by atoms with E-state index in [-0.39, 0.29) is 24.0 Å². The molecule has 1 aromatic carbocycles. The Kier molecular flexibility index (Phi) is 8.77. The number of hydrogen-bond donors (Lipinski definition) is 1. The first-order valence-electron chi connectivity index (χ1n) is 9.37. The molecule has 0 atom stereocenters. The summed E-state index contributed by atoms with van der Waals surface area (Å²) in [5, 5.41) is 3.43. The summed E-state index contributed by atoms with van der Waals surface area (Å²) in [7, 11) is 0. The highest BCUT2D eigenvalue weighted by Gasteiger charge is 2.20. The SMILES string of the molecule is CCNC(=NCCc1ccc(C)cc1)N1CCN(c2ncccn2)CC1.I. The smallest absolute Gasteiger partial charge is 0.225 e. The second-order valence-electron chi connectivity index (χ2n) is 6.49. The fraction of sp³-hybridized carbons (Fsp3) is 0.450. The van der Waals surface area contributed by atoms with Crippen LogP contribution in [0, 0.1) is 6.92 Å². The molecule has 0 amide bonds. The van der Waals surface area contributed by atoms with Crippen molar-refractivity contribution in [3.05, 3.63) is 53.9 Å². The molecule has 3 rings (SSSR count). The molecule has 0 unspecified atom stereocenters. The fourth-order valence-electron chi connectivity index (χ4n) is 3.04. The van der Waals surface area contributed by atoms with Crippen LogP contribution in [0.5, 0.6) is 0 Å². The molecule has 1 aliphatic heterocycles. The third-order valence-corrected chi connectivity index (χ3v) is 4.53. The Morgan fingerprint density at radius 2 is 1.74 bits per heavy atom. The van der Waals surface area contributed by atoms with E-state index >= 15 is 0 Å². The van der Waals surface area contributed by atoms with Crippen molar-refractivity contribution < 1.29 is 0 Å². The standard InChI is InChI=1S/C20H28N6.HI/c1-3-21-19(24-12-9-18-7-5-17(2)6-8-18)25-13-15-26(16-14-25)20-22-10-4-11-23-20;/h4-8,10-11H,3,9,12-16H2,1-2H3,(H,21,24);1H. The molecule has 1 aromatic heterocycles. The maximum atomic E-state index is 4.83. The predicted octanol–water partition coefficient (Wildman–Crippen LogP) is 2.73. The highest BCUT2D eigenvalue weighted by atomic mass is 127. The third kappa shape index (κ3) is 6.34. The molecule has 0 radical (unpaired) electrons. The maximum Gasteiger partial charge on any atom is 0.225 e. The van der Waals surface area contributed by atoms with Crippen molar-refractivity contribution in [1.82, 2.24) is 20.2 Å². The lowest BCUT2D eigenvalue weighted by Gasteiger charge is -2.36. The molecule has 2 heterocycles. The number of guanidine groups is 1. The van der Waals surface area contributed by atoms with Gasteiger partial charge in [-0.2, -0.15) is 0 Å². The van der Waals surface area contributed by atoms with E-state index in [1.807, 2.05) is 6.07 Å². The van der Waals surface area contributed by atoms with E-state index in [4.69, 9.17) is 4.99 Å². The molecule has 2 aromatic rings. The maximum absolute atomic E-state index is 4.83. The van der Waals surface area contributed by atoms with Crippen LogP contribution in [-0.2, 0) is 6.42 Å². The van der Waals surface area contributed by atoms with Gasteiger partial charge in [0.15, 0.2) is 5.96 Å². The molecule has 0 spiro atoms. The molecule has 6 nitrogen and oxygen atoms in total. The Hall–Kier alpha value is -1.90. The molecule has 1 aliphatic rings. The van der Waals surface area contributed by atoms with Gasteiger partial charge < -0.3 is 15.1 Å². The van der Waals surface area contributed by atoms with E-state index in [9.17, 15) is 0 Å². The number of aliphatic imine (C=N–C) groups is 1. The minimum Gasteiger partial charge on any atom is -0.357 e. The highest BCUT2D eigenvalue weighted by molar-refractivity contribution is 14.0. The summed E-state index contributed by atoms with van der Waals surface area (Å²) in [5.41, 5.74) is 2.63. The largest absolute Gasteiger partial charge is 0.357 e. The van der Waals surface area contributed by atoms with Crippen LogP contribution in [0.2, 0.25) is 0 Å². The average molecular weight is 480 g/mol. The van der Waals surface area contributed by atoms with Crippen molar-refractivity contribution in [2.24, 2.45) is 4.99 Å². The number of piperazine rings is 1. The first-order valence-corrected chi connectivity index (χ1v) is 9.37. The summed E-state index contributed by atoms with van der Waals surface area (Å²) in [4.78, 5) is 18.1. The van der Waals surface area contributed by atoms with E-state index < -0.39 is 0 Å². The lowest BCUT2D eigenvalue weighted by atomic mass is 10.1. The molecule has 0 saturated carbocycles. The molecule has 1 fully saturated rings. The molecular weight excluding hydrogens is 451 g/mol. The summed E-state index contributed by atoms with van der Waals surface area (Å²) in [6, 6.07) is 10.6. The zero-order valence-electron chi connectivity index (χ0n) is 16.1. The van der Waals surface area contributed by atoms with Crippen LogP contribution in [0.4, 0.5) is 5.95 Å². The van der Waals surface area contributed by atoms with Crippen molar-refractivity contribution in [2.45, 2.75) is 20.3 Å². The monoisotopic (exact) mass is 480 g/mol. The van der Waals surface area contributed by atoms with Crippen LogP contribution in [0.1, 0.15) is 18.1 Å². The Morgan fingerprint density at radius 3 is 2.37 bits per heavy atom. The molecule has 7 heteroatoms. The summed E-state index contributed by atoms with van der Waals surface area (Å²) < 4.78 is 0. The van der Waals surface area contributed by atoms with Crippen molar-refractivity contribution in [3.63, 3.8) is 0 Å². The van der Waals surface area contributed by atoms with Gasteiger partial charge in [-0.25, -0.2) is 9.97 Å². The van der Waals surface area contributed by atoms with Crippen molar-refractivity contribution >= 4 is 35.9 Å². The predicted molar refractivity (Wildman–Crippen MR) is 122 cm³/mol. The van der Waals surface area contributed by atoms with Crippen molar-refractivity contribution in [2.75, 3.05) is 44.2 Å². The Labute approximate surface area is 179 Å². The van der Waals surface area contributed by atoms with Gasteiger partial charge >= 0.3 is 0 Å². The molecular formula is C20H29IN6. The lowest BCUT2D eigenvalue weighted by molar-refractivity contribution is 0.370. The fourth-order valence-corrected chi connectivity index (χ4v) is 3.04. The van der Waals surface area contributed by atoms with Gasteiger partial charge in [0, 0.05) is 51.7 Å². The van der Waals surface area contributed by atoms with Crippen LogP contribution in [0.3, 0.4) is 0 Å². The molecule has 1 N–H and O–H groups in total. The van der Waals surface area contributed by atoms with Crippen LogP contribution in [0.15, 0.2) is 47.7 Å². The second-order valence-corrected chi connectivity index (χ2v) is 6.49. The molecule has 0 aliphatic carbocycles. The number of rotatable bonds is 5. The van der Waals surface area contributed by atoms with Gasteiger partial charge in [-0.05, 0) is 31.9 Å². The van der Waals surface area contributed by atoms with Gasteiger partial charge in [0.05, 0.1) is 0 Å². The minimum atomic E-state index is 0. The number of aryl methyl sites for hydroxylation is 1. The summed E-state index contributed by atoms with van der Waals surface area (Å²) >= 11 is 0. The van der Waals surface area contributed by atoms with Crippen LogP contribution in [-0.4, -0.2) is 60.1 Å². The van der Waals surface area contributed by atoms with Gasteiger partial charge in [0.2, 0.25) is 5.95 Å². The van der Waals surface area contributed by atoms with Crippen molar-refractivity contribution in [3.8, 4) is 0 Å². The lowest BCUT2D eigenvalue weighted by Crippen LogP contribution is -2.53. The van der Waals surface area contributed by atoms with E-state index in [1.54, 1.807) is 12.4 Å². The number of aromatic nitrogens is 2. The van der Waals surface area contributed by atoms with E-state index in [2.05, 4.69) is 63.2 Å². The first-order chi connectivity index (χ1) is 12.8. The Morgan fingerprint density at radius 1 is 1.07 bits per heavy atom. The second kappa shape index (κ2) is 11.1.